The predicted octanol–water partition coefficient (Wildman–Crippen LogP) is 2.12. The summed E-state index contributed by atoms with van der Waals surface area (Å²) in [7, 11) is 2.22. The van der Waals surface area contributed by atoms with E-state index in [0.717, 1.165) is 26.3 Å². The van der Waals surface area contributed by atoms with E-state index in [4.69, 9.17) is 4.74 Å². The van der Waals surface area contributed by atoms with Crippen LogP contribution in [0.4, 0.5) is 0 Å². The zero-order valence-corrected chi connectivity index (χ0v) is 12.5. The van der Waals surface area contributed by atoms with Crippen LogP contribution >= 0.6 is 0 Å². The number of nitrogens with one attached hydrogen (secondary N) is 1. The van der Waals surface area contributed by atoms with Gasteiger partial charge >= 0.3 is 0 Å². The zero-order valence-electron chi connectivity index (χ0n) is 12.5. The summed E-state index contributed by atoms with van der Waals surface area (Å²) in [6.07, 6.45) is 1.18. The van der Waals surface area contributed by atoms with Gasteiger partial charge in [0.2, 0.25) is 0 Å². The van der Waals surface area contributed by atoms with Crippen molar-refractivity contribution in [3.8, 4) is 0 Å². The highest BCUT2D eigenvalue weighted by Gasteiger charge is 2.27. The van der Waals surface area contributed by atoms with Gasteiger partial charge in [-0.1, -0.05) is 13.8 Å². The lowest BCUT2D eigenvalue weighted by atomic mass is 9.91. The highest BCUT2D eigenvalue weighted by molar-refractivity contribution is 4.83. The maximum atomic E-state index is 5.45. The van der Waals surface area contributed by atoms with Crippen LogP contribution in [0, 0.1) is 5.41 Å². The van der Waals surface area contributed by atoms with Crippen molar-refractivity contribution in [2.24, 2.45) is 5.41 Å². The molecule has 0 aromatic rings. The molecule has 0 aromatic heterocycles. The number of nitrogens with zero attached hydrogens (tertiary/aromatic N) is 1. The van der Waals surface area contributed by atoms with Gasteiger partial charge in [-0.2, -0.15) is 0 Å². The molecule has 3 heteroatoms. The fraction of sp³-hybridized carbons (Fsp3) is 1.00. The van der Waals surface area contributed by atoms with E-state index in [1.54, 1.807) is 0 Å². The fourth-order valence-corrected chi connectivity index (χ4v) is 2.23. The fourth-order valence-electron chi connectivity index (χ4n) is 2.23. The molecule has 102 valence electrons. The minimum absolute atomic E-state index is 0.201. The lowest BCUT2D eigenvalue weighted by Gasteiger charge is -2.35. The third-order valence-corrected chi connectivity index (χ3v) is 3.30. The van der Waals surface area contributed by atoms with Gasteiger partial charge in [0.1, 0.15) is 0 Å². The molecule has 1 fully saturated rings. The van der Waals surface area contributed by atoms with E-state index in [9.17, 15) is 0 Å². The minimum atomic E-state index is 0.201. The minimum Gasteiger partial charge on any atom is -0.380 e. The van der Waals surface area contributed by atoms with Crippen molar-refractivity contribution in [3.05, 3.63) is 0 Å². The molecule has 0 saturated carbocycles. The van der Waals surface area contributed by atoms with E-state index in [2.05, 4.69) is 51.9 Å². The predicted molar refractivity (Wildman–Crippen MR) is 73.4 cm³/mol. The van der Waals surface area contributed by atoms with Gasteiger partial charge in [0, 0.05) is 31.3 Å². The van der Waals surface area contributed by atoms with Crippen molar-refractivity contribution in [1.29, 1.82) is 0 Å². The zero-order chi connectivity index (χ0) is 13.1. The number of hydrogen-bond donors (Lipinski definition) is 1. The average molecular weight is 242 g/mol. The van der Waals surface area contributed by atoms with E-state index in [1.807, 2.05) is 0 Å². The number of rotatable bonds is 5. The second-order valence-electron chi connectivity index (χ2n) is 7.20. The average Bonchev–Trinajstić information content (AvgIpc) is 2.66. The normalized spacial score (nSPS) is 22.4. The molecule has 1 heterocycles. The molecule has 0 spiro atoms. The van der Waals surface area contributed by atoms with Crippen molar-refractivity contribution in [3.63, 3.8) is 0 Å². The van der Waals surface area contributed by atoms with Gasteiger partial charge in [-0.25, -0.2) is 0 Å². The highest BCUT2D eigenvalue weighted by atomic mass is 16.5. The number of ether oxygens (including phenoxy) is 1. The van der Waals surface area contributed by atoms with E-state index in [1.165, 1.54) is 6.42 Å². The van der Waals surface area contributed by atoms with Crippen LogP contribution in [-0.2, 0) is 4.74 Å². The number of hydrogen-bond acceptors (Lipinski definition) is 3. The van der Waals surface area contributed by atoms with Gasteiger partial charge in [0.15, 0.2) is 0 Å². The Labute approximate surface area is 107 Å². The second-order valence-corrected chi connectivity index (χ2v) is 7.20. The summed E-state index contributed by atoms with van der Waals surface area (Å²) in [5.74, 6) is 0. The van der Waals surface area contributed by atoms with Gasteiger partial charge in [0.05, 0.1) is 6.61 Å². The molecule has 1 N–H and O–H groups in total. The molecule has 17 heavy (non-hydrogen) atoms. The Morgan fingerprint density at radius 2 is 1.88 bits per heavy atom. The van der Waals surface area contributed by atoms with E-state index in [-0.39, 0.29) is 5.54 Å². The first-order valence-electron chi connectivity index (χ1n) is 6.73. The first-order chi connectivity index (χ1) is 7.70. The van der Waals surface area contributed by atoms with Crippen LogP contribution in [0.5, 0.6) is 0 Å². The first kappa shape index (κ1) is 14.9. The summed E-state index contributed by atoms with van der Waals surface area (Å²) in [4.78, 5) is 2.46. The smallest absolute Gasteiger partial charge is 0.0622 e. The maximum absolute atomic E-state index is 5.45. The SMILES string of the molecule is CN(CC(C)(C)CNC(C)(C)C)C1CCOC1. The maximum Gasteiger partial charge on any atom is 0.0622 e. The molecule has 1 saturated heterocycles. The molecule has 1 aliphatic heterocycles. The summed E-state index contributed by atoms with van der Waals surface area (Å²) < 4.78 is 5.45. The molecule has 0 aliphatic carbocycles. The molecule has 1 unspecified atom stereocenters. The molecule has 1 aliphatic rings. The third-order valence-electron chi connectivity index (χ3n) is 3.30. The molecular weight excluding hydrogens is 212 g/mol. The molecule has 1 rings (SSSR count). The first-order valence-corrected chi connectivity index (χ1v) is 6.73. The summed E-state index contributed by atoms with van der Waals surface area (Å²) in [5, 5.41) is 3.60. The topological polar surface area (TPSA) is 24.5 Å². The van der Waals surface area contributed by atoms with Gasteiger partial charge in [0.25, 0.3) is 0 Å². The van der Waals surface area contributed by atoms with E-state index < -0.39 is 0 Å². The van der Waals surface area contributed by atoms with E-state index in [0.29, 0.717) is 11.5 Å². The van der Waals surface area contributed by atoms with Crippen LogP contribution in [0.3, 0.4) is 0 Å². The largest absolute Gasteiger partial charge is 0.380 e. The molecule has 0 radical (unpaired) electrons. The van der Waals surface area contributed by atoms with Crippen LogP contribution in [-0.4, -0.2) is 49.8 Å². The molecule has 3 nitrogen and oxygen atoms in total. The molecule has 0 aromatic carbocycles. The summed E-state index contributed by atoms with van der Waals surface area (Å²) in [6.45, 7) is 15.3. The Morgan fingerprint density at radius 3 is 2.35 bits per heavy atom. The van der Waals surface area contributed by atoms with Crippen LogP contribution in [0.1, 0.15) is 41.0 Å². The van der Waals surface area contributed by atoms with Crippen molar-refractivity contribution < 1.29 is 4.74 Å². The second kappa shape index (κ2) is 5.68. The number of likely N-dealkylation sites (N-methyl/N-ethyl adjacent to an activating group) is 1. The standard InChI is InChI=1S/C14H30N2O/c1-13(2,3)15-10-14(4,5)11-16(6)12-7-8-17-9-12/h12,15H,7-11H2,1-6H3. The van der Waals surface area contributed by atoms with E-state index >= 15 is 0 Å². The van der Waals surface area contributed by atoms with Crippen LogP contribution < -0.4 is 5.32 Å². The van der Waals surface area contributed by atoms with Crippen LogP contribution in [0.2, 0.25) is 0 Å². The van der Waals surface area contributed by atoms with Gasteiger partial charge in [-0.05, 0) is 39.7 Å². The summed E-state index contributed by atoms with van der Waals surface area (Å²) >= 11 is 0. The molecule has 0 bridgehead atoms. The Kier molecular flexibility index (Phi) is 4.99. The Hall–Kier alpha value is -0.120. The molecule has 1 atom stereocenters. The monoisotopic (exact) mass is 242 g/mol. The quantitative estimate of drug-likeness (QED) is 0.799. The Balaban J connectivity index is 2.36. The molecule has 0 amide bonds. The van der Waals surface area contributed by atoms with Crippen molar-refractivity contribution in [2.45, 2.75) is 52.6 Å². The van der Waals surface area contributed by atoms with Crippen molar-refractivity contribution >= 4 is 0 Å². The lowest BCUT2D eigenvalue weighted by molar-refractivity contribution is 0.125. The van der Waals surface area contributed by atoms with Gasteiger partial charge in [-0.15, -0.1) is 0 Å². The van der Waals surface area contributed by atoms with Crippen LogP contribution in [0.15, 0.2) is 0 Å². The van der Waals surface area contributed by atoms with Crippen LogP contribution in [0.25, 0.3) is 0 Å². The lowest BCUT2D eigenvalue weighted by Crippen LogP contribution is -2.47. The Morgan fingerprint density at radius 1 is 1.24 bits per heavy atom. The summed E-state index contributed by atoms with van der Waals surface area (Å²) in [5.41, 5.74) is 0.497. The van der Waals surface area contributed by atoms with Crippen molar-refractivity contribution in [2.75, 3.05) is 33.4 Å². The van der Waals surface area contributed by atoms with Gasteiger partial charge < -0.3 is 15.0 Å². The Bertz CT molecular complexity index is 227. The van der Waals surface area contributed by atoms with Gasteiger partial charge in [-0.3, -0.25) is 0 Å². The summed E-state index contributed by atoms with van der Waals surface area (Å²) in [6, 6.07) is 0.615. The van der Waals surface area contributed by atoms with Crippen molar-refractivity contribution in [1.82, 2.24) is 10.2 Å². The highest BCUT2D eigenvalue weighted by Crippen LogP contribution is 2.20. The molecular formula is C14H30N2O. The third kappa shape index (κ3) is 5.84.